The highest BCUT2D eigenvalue weighted by Gasteiger charge is 2.36. The van der Waals surface area contributed by atoms with Crippen LogP contribution < -0.4 is 0 Å². The van der Waals surface area contributed by atoms with Crippen LogP contribution in [0.4, 0.5) is 13.2 Å². The second kappa shape index (κ2) is 11.1. The number of aliphatic imine (C=N–C) groups is 4. The van der Waals surface area contributed by atoms with Crippen LogP contribution in [0.2, 0.25) is 0 Å². The van der Waals surface area contributed by atoms with E-state index in [0.717, 1.165) is 11.9 Å². The molecule has 3 rings (SSSR count). The number of aromatic amines is 1. The summed E-state index contributed by atoms with van der Waals surface area (Å²) in [6.45, 7) is 11.6. The topological polar surface area (TPSA) is 93.8 Å². The number of ether oxygens (including phenoxy) is 1. The molecular formula is C22H27F3N8O. The van der Waals surface area contributed by atoms with Gasteiger partial charge in [0.1, 0.15) is 11.9 Å². The van der Waals surface area contributed by atoms with Crippen molar-refractivity contribution < 1.29 is 17.9 Å². The highest BCUT2D eigenvalue weighted by Crippen LogP contribution is 2.31. The molecule has 182 valence electrons. The zero-order chi connectivity index (χ0) is 24.7. The summed E-state index contributed by atoms with van der Waals surface area (Å²) in [7, 11) is 0. The molecule has 0 aliphatic carbocycles. The number of hydrogen-bond acceptors (Lipinski definition) is 7. The molecule has 3 atom stereocenters. The normalized spacial score (nSPS) is 24.5. The lowest BCUT2D eigenvalue weighted by molar-refractivity contribution is -0.0935. The zero-order valence-electron chi connectivity index (χ0n) is 19.0. The van der Waals surface area contributed by atoms with Crippen molar-refractivity contribution in [1.29, 1.82) is 0 Å². The lowest BCUT2D eigenvalue weighted by Crippen LogP contribution is -2.51. The third kappa shape index (κ3) is 6.07. The third-order valence-electron chi connectivity index (χ3n) is 5.30. The number of hydrogen-bond donors (Lipinski definition) is 1. The number of H-pyrrole nitrogens is 1. The van der Waals surface area contributed by atoms with Crippen molar-refractivity contribution in [1.82, 2.24) is 19.8 Å². The van der Waals surface area contributed by atoms with Crippen LogP contribution in [0.5, 0.6) is 0 Å². The van der Waals surface area contributed by atoms with Gasteiger partial charge >= 0.3 is 6.18 Å². The first kappa shape index (κ1) is 25.1. The number of nitrogens with one attached hydrogen (secondary N) is 1. The van der Waals surface area contributed by atoms with Gasteiger partial charge in [-0.25, -0.2) is 4.98 Å². The van der Waals surface area contributed by atoms with Crippen LogP contribution in [0, 0.1) is 0 Å². The maximum Gasteiger partial charge on any atom is 0.434 e. The van der Waals surface area contributed by atoms with Gasteiger partial charge in [0.05, 0.1) is 49.2 Å². The fourth-order valence-electron chi connectivity index (χ4n) is 3.71. The number of allylic oxidation sites excluding steroid dienone is 1. The molecule has 0 spiro atoms. The lowest BCUT2D eigenvalue weighted by Gasteiger charge is -2.43. The molecule has 2 aliphatic rings. The Bertz CT molecular complexity index is 1010. The van der Waals surface area contributed by atoms with Gasteiger partial charge in [-0.1, -0.05) is 0 Å². The van der Waals surface area contributed by atoms with E-state index in [1.165, 1.54) is 23.5 Å². The molecule has 0 saturated carbocycles. The summed E-state index contributed by atoms with van der Waals surface area (Å²) in [5.41, 5.74) is 0.272. The molecule has 1 N–H and O–H groups in total. The quantitative estimate of drug-likeness (QED) is 0.482. The standard InChI is InChI=1S/C22H27F3N8O/c1-15-12-33(16(2)21(34-15)18-11-28-14-31-18)20(5-6-26-3)30-10-17(9-27-4)32-8-7-29-19(13-32)22(23,24)25/h5-7,9,11,13-16,21H,3-4,8,10,12H2,1-2H3,(H,28,31)/b6-5-,17-9-,30-20?. The second-order valence-corrected chi connectivity index (χ2v) is 7.72. The van der Waals surface area contributed by atoms with Gasteiger partial charge in [-0.15, -0.1) is 0 Å². The molecule has 3 heterocycles. The number of morpholine rings is 1. The molecule has 2 aliphatic heterocycles. The van der Waals surface area contributed by atoms with Crippen LogP contribution >= 0.6 is 0 Å². The van der Waals surface area contributed by atoms with Crippen molar-refractivity contribution in [3.8, 4) is 0 Å². The number of alkyl halides is 3. The van der Waals surface area contributed by atoms with Gasteiger partial charge in [0, 0.05) is 31.4 Å². The van der Waals surface area contributed by atoms with Crippen LogP contribution in [-0.4, -0.2) is 83.2 Å². The van der Waals surface area contributed by atoms with E-state index < -0.39 is 11.9 Å². The Morgan fingerprint density at radius 3 is 2.76 bits per heavy atom. The molecule has 1 aromatic rings. The molecule has 0 amide bonds. The molecule has 0 aromatic carbocycles. The first-order chi connectivity index (χ1) is 16.2. The van der Waals surface area contributed by atoms with E-state index in [9.17, 15) is 13.2 Å². The molecule has 34 heavy (non-hydrogen) atoms. The van der Waals surface area contributed by atoms with Crippen molar-refractivity contribution in [2.75, 3.05) is 19.6 Å². The van der Waals surface area contributed by atoms with Crippen LogP contribution in [0.3, 0.4) is 0 Å². The summed E-state index contributed by atoms with van der Waals surface area (Å²) in [5.74, 6) is 0.584. The number of nitrogens with zero attached hydrogens (tertiary/aromatic N) is 7. The number of aromatic nitrogens is 2. The number of imidazole rings is 1. The summed E-state index contributed by atoms with van der Waals surface area (Å²) in [6.07, 6.45) is 5.12. The van der Waals surface area contributed by atoms with Gasteiger partial charge in [-0.3, -0.25) is 20.0 Å². The predicted octanol–water partition coefficient (Wildman–Crippen LogP) is 3.50. The van der Waals surface area contributed by atoms with Gasteiger partial charge < -0.3 is 19.5 Å². The molecule has 1 fully saturated rings. The van der Waals surface area contributed by atoms with Gasteiger partial charge in [-0.2, -0.15) is 13.2 Å². The van der Waals surface area contributed by atoms with Crippen LogP contribution in [-0.2, 0) is 4.74 Å². The molecule has 1 saturated heterocycles. The summed E-state index contributed by atoms with van der Waals surface area (Å²) in [4.78, 5) is 26.3. The fourth-order valence-corrected chi connectivity index (χ4v) is 3.71. The van der Waals surface area contributed by atoms with E-state index >= 15 is 0 Å². The number of rotatable bonds is 7. The minimum absolute atomic E-state index is 0.0541. The van der Waals surface area contributed by atoms with Crippen LogP contribution in [0.15, 0.2) is 68.6 Å². The lowest BCUT2D eigenvalue weighted by atomic mass is 10.0. The molecule has 9 nitrogen and oxygen atoms in total. The van der Waals surface area contributed by atoms with E-state index in [1.54, 1.807) is 18.6 Å². The maximum atomic E-state index is 13.2. The molecule has 12 heteroatoms. The molecular weight excluding hydrogens is 449 g/mol. The van der Waals surface area contributed by atoms with E-state index in [4.69, 9.17) is 9.73 Å². The van der Waals surface area contributed by atoms with Crippen LogP contribution in [0.25, 0.3) is 0 Å². The Hall–Kier alpha value is -3.54. The summed E-state index contributed by atoms with van der Waals surface area (Å²) in [6, 6.07) is -0.117. The molecule has 3 unspecified atom stereocenters. The largest absolute Gasteiger partial charge is 0.434 e. The first-order valence-corrected chi connectivity index (χ1v) is 10.5. The Morgan fingerprint density at radius 2 is 2.12 bits per heavy atom. The van der Waals surface area contributed by atoms with Gasteiger partial charge in [-0.05, 0) is 33.4 Å². The van der Waals surface area contributed by atoms with Crippen LogP contribution in [0.1, 0.15) is 25.6 Å². The SMILES string of the molecule is C=N/C=C\C(=NC/C(=C/N=C)N1C=C(C(F)(F)F)N=CC1)N1CC(C)OC(c2cnc[nH]2)C1C. The van der Waals surface area contributed by atoms with Crippen molar-refractivity contribution in [3.05, 3.63) is 54.3 Å². The first-order valence-electron chi connectivity index (χ1n) is 10.5. The fraction of sp³-hybridized carbons (Fsp3) is 0.409. The van der Waals surface area contributed by atoms with Crippen molar-refractivity contribution in [3.63, 3.8) is 0 Å². The Labute approximate surface area is 195 Å². The van der Waals surface area contributed by atoms with Crippen molar-refractivity contribution in [2.24, 2.45) is 20.0 Å². The number of halogens is 3. The average molecular weight is 477 g/mol. The molecule has 0 radical (unpaired) electrons. The third-order valence-corrected chi connectivity index (χ3v) is 5.30. The molecule has 1 aromatic heterocycles. The maximum absolute atomic E-state index is 13.2. The van der Waals surface area contributed by atoms with Crippen molar-refractivity contribution in [2.45, 2.75) is 38.3 Å². The summed E-state index contributed by atoms with van der Waals surface area (Å²) < 4.78 is 45.6. The monoisotopic (exact) mass is 476 g/mol. The minimum Gasteiger partial charge on any atom is -0.365 e. The highest BCUT2D eigenvalue weighted by molar-refractivity contribution is 5.93. The minimum atomic E-state index is -4.56. The Morgan fingerprint density at radius 1 is 1.32 bits per heavy atom. The van der Waals surface area contributed by atoms with Gasteiger partial charge in [0.2, 0.25) is 0 Å². The van der Waals surface area contributed by atoms with Gasteiger partial charge in [0.15, 0.2) is 5.70 Å². The average Bonchev–Trinajstić information content (AvgIpc) is 3.34. The smallest absolute Gasteiger partial charge is 0.365 e. The number of amidine groups is 1. The second-order valence-electron chi connectivity index (χ2n) is 7.72. The van der Waals surface area contributed by atoms with E-state index in [0.29, 0.717) is 18.1 Å². The van der Waals surface area contributed by atoms with Gasteiger partial charge in [0.25, 0.3) is 0 Å². The summed E-state index contributed by atoms with van der Waals surface area (Å²) >= 11 is 0. The molecule has 0 bridgehead atoms. The predicted molar refractivity (Wildman–Crippen MR) is 126 cm³/mol. The zero-order valence-corrected chi connectivity index (χ0v) is 19.0. The van der Waals surface area contributed by atoms with E-state index in [1.807, 2.05) is 13.8 Å². The van der Waals surface area contributed by atoms with Crippen molar-refractivity contribution >= 4 is 25.5 Å². The Balaban J connectivity index is 1.89. The summed E-state index contributed by atoms with van der Waals surface area (Å²) in [5, 5.41) is 0. The van der Waals surface area contributed by atoms with E-state index in [-0.39, 0.29) is 31.3 Å². The van der Waals surface area contributed by atoms with E-state index in [2.05, 4.69) is 43.3 Å². The highest BCUT2D eigenvalue weighted by atomic mass is 19.4. The Kier molecular flexibility index (Phi) is 8.16.